The molecule has 4 nitrogen and oxygen atoms in total. The van der Waals surface area contributed by atoms with Crippen LogP contribution in [0.15, 0.2) is 43.0 Å². The van der Waals surface area contributed by atoms with Crippen LogP contribution in [0.3, 0.4) is 0 Å². The normalized spacial score (nSPS) is 23.2. The molecule has 3 rings (SSSR count). The first-order chi connectivity index (χ1) is 9.33. The van der Waals surface area contributed by atoms with Crippen molar-refractivity contribution in [3.05, 3.63) is 43.0 Å². The van der Waals surface area contributed by atoms with Gasteiger partial charge in [-0.15, -0.1) is 0 Å². The van der Waals surface area contributed by atoms with Crippen LogP contribution in [-0.4, -0.2) is 26.8 Å². The molecule has 0 bridgehead atoms. The van der Waals surface area contributed by atoms with Gasteiger partial charge in [-0.2, -0.15) is 0 Å². The third-order valence-electron chi connectivity index (χ3n) is 3.74. The first-order valence-electron chi connectivity index (χ1n) is 6.85. The summed E-state index contributed by atoms with van der Waals surface area (Å²) < 4.78 is 2.01. The molecule has 0 amide bonds. The molecule has 0 spiro atoms. The Kier molecular flexibility index (Phi) is 3.51. The van der Waals surface area contributed by atoms with Crippen molar-refractivity contribution in [2.45, 2.75) is 37.8 Å². The van der Waals surface area contributed by atoms with Crippen molar-refractivity contribution in [2.75, 3.05) is 5.32 Å². The summed E-state index contributed by atoms with van der Waals surface area (Å²) in [4.78, 5) is 4.10. The lowest BCUT2D eigenvalue weighted by molar-refractivity contribution is 0.126. The molecule has 100 valence electrons. The molecule has 1 heterocycles. The fourth-order valence-electron chi connectivity index (χ4n) is 2.66. The molecule has 1 aliphatic rings. The zero-order chi connectivity index (χ0) is 13.1. The number of aliphatic hydroxyl groups is 1. The molecule has 1 saturated carbocycles. The molecule has 2 aromatic rings. The van der Waals surface area contributed by atoms with Crippen LogP contribution in [0.4, 0.5) is 5.69 Å². The third-order valence-corrected chi connectivity index (χ3v) is 3.74. The van der Waals surface area contributed by atoms with Gasteiger partial charge < -0.3 is 15.0 Å². The molecule has 1 aromatic heterocycles. The van der Waals surface area contributed by atoms with Crippen LogP contribution in [0.25, 0.3) is 5.69 Å². The van der Waals surface area contributed by atoms with Crippen LogP contribution in [-0.2, 0) is 0 Å². The standard InChI is InChI=1S/C15H19N3O/c19-13-7-5-12(6-8-13)17-14-3-1-2-4-15(14)18-10-9-16-11-18/h1-4,9-13,17,19H,5-8H2/t12-,13-. The number of imidazole rings is 1. The molecule has 0 aliphatic heterocycles. The van der Waals surface area contributed by atoms with Gasteiger partial charge in [-0.3, -0.25) is 0 Å². The van der Waals surface area contributed by atoms with E-state index in [1.54, 1.807) is 6.20 Å². The van der Waals surface area contributed by atoms with E-state index in [0.29, 0.717) is 6.04 Å². The van der Waals surface area contributed by atoms with Gasteiger partial charge in [0.1, 0.15) is 0 Å². The van der Waals surface area contributed by atoms with Gasteiger partial charge in [0.2, 0.25) is 0 Å². The van der Waals surface area contributed by atoms with E-state index in [2.05, 4.69) is 22.4 Å². The Hall–Kier alpha value is -1.81. The monoisotopic (exact) mass is 257 g/mol. The molecule has 1 fully saturated rings. The van der Waals surface area contributed by atoms with Crippen molar-refractivity contribution < 1.29 is 5.11 Å². The fraction of sp³-hybridized carbons (Fsp3) is 0.400. The molecule has 19 heavy (non-hydrogen) atoms. The minimum Gasteiger partial charge on any atom is -0.393 e. The summed E-state index contributed by atoms with van der Waals surface area (Å²) >= 11 is 0. The van der Waals surface area contributed by atoms with Crippen molar-refractivity contribution in [3.8, 4) is 5.69 Å². The van der Waals surface area contributed by atoms with E-state index in [9.17, 15) is 5.11 Å². The summed E-state index contributed by atoms with van der Waals surface area (Å²) in [5, 5.41) is 13.2. The quantitative estimate of drug-likeness (QED) is 0.888. The average Bonchev–Trinajstić information content (AvgIpc) is 2.96. The predicted molar refractivity (Wildman–Crippen MR) is 75.4 cm³/mol. The Bertz CT molecular complexity index is 516. The number of nitrogens with zero attached hydrogens (tertiary/aromatic N) is 2. The van der Waals surface area contributed by atoms with E-state index in [-0.39, 0.29) is 6.10 Å². The Morgan fingerprint density at radius 2 is 1.95 bits per heavy atom. The molecule has 1 aromatic carbocycles. The number of anilines is 1. The molecular weight excluding hydrogens is 238 g/mol. The smallest absolute Gasteiger partial charge is 0.0992 e. The van der Waals surface area contributed by atoms with Gasteiger partial charge in [0.05, 0.1) is 23.8 Å². The van der Waals surface area contributed by atoms with Crippen molar-refractivity contribution >= 4 is 5.69 Å². The zero-order valence-corrected chi connectivity index (χ0v) is 10.9. The van der Waals surface area contributed by atoms with E-state index >= 15 is 0 Å². The lowest BCUT2D eigenvalue weighted by Gasteiger charge is -2.28. The van der Waals surface area contributed by atoms with Crippen molar-refractivity contribution in [1.29, 1.82) is 0 Å². The molecular formula is C15H19N3O. The molecule has 0 unspecified atom stereocenters. The van der Waals surface area contributed by atoms with Crippen LogP contribution in [0, 0.1) is 0 Å². The highest BCUT2D eigenvalue weighted by Crippen LogP contribution is 2.25. The Morgan fingerprint density at radius 3 is 2.68 bits per heavy atom. The minimum atomic E-state index is -0.109. The van der Waals surface area contributed by atoms with Crippen LogP contribution < -0.4 is 5.32 Å². The summed E-state index contributed by atoms with van der Waals surface area (Å²) in [6.45, 7) is 0. The molecule has 0 saturated heterocycles. The molecule has 0 radical (unpaired) electrons. The summed E-state index contributed by atoms with van der Waals surface area (Å²) in [7, 11) is 0. The summed E-state index contributed by atoms with van der Waals surface area (Å²) in [5.41, 5.74) is 2.24. The highest BCUT2D eigenvalue weighted by Gasteiger charge is 2.19. The molecule has 4 heteroatoms. The van der Waals surface area contributed by atoms with E-state index < -0.39 is 0 Å². The largest absolute Gasteiger partial charge is 0.393 e. The lowest BCUT2D eigenvalue weighted by Crippen LogP contribution is -2.28. The minimum absolute atomic E-state index is 0.109. The Labute approximate surface area is 113 Å². The van der Waals surface area contributed by atoms with Crippen LogP contribution in [0.5, 0.6) is 0 Å². The van der Waals surface area contributed by atoms with E-state index in [1.807, 2.05) is 29.2 Å². The Balaban J connectivity index is 1.78. The SMILES string of the molecule is O[C@H]1CC[C@H](Nc2ccccc2-n2ccnc2)CC1. The number of rotatable bonds is 3. The number of aliphatic hydroxyl groups excluding tert-OH is 1. The number of benzene rings is 1. The Morgan fingerprint density at radius 1 is 1.16 bits per heavy atom. The maximum absolute atomic E-state index is 9.56. The summed E-state index contributed by atoms with van der Waals surface area (Å²) in [5.74, 6) is 0. The van der Waals surface area contributed by atoms with Gasteiger partial charge in [0.15, 0.2) is 0 Å². The predicted octanol–water partition coefficient (Wildman–Crippen LogP) is 2.59. The van der Waals surface area contributed by atoms with Gasteiger partial charge >= 0.3 is 0 Å². The number of aromatic nitrogens is 2. The zero-order valence-electron chi connectivity index (χ0n) is 10.9. The van der Waals surface area contributed by atoms with Crippen molar-refractivity contribution in [3.63, 3.8) is 0 Å². The number of hydrogen-bond donors (Lipinski definition) is 2. The molecule has 2 N–H and O–H groups in total. The lowest BCUT2D eigenvalue weighted by atomic mass is 9.93. The van der Waals surface area contributed by atoms with Gasteiger partial charge in [-0.1, -0.05) is 12.1 Å². The maximum atomic E-state index is 9.56. The highest BCUT2D eigenvalue weighted by atomic mass is 16.3. The second kappa shape index (κ2) is 5.45. The van der Waals surface area contributed by atoms with Gasteiger partial charge in [0, 0.05) is 18.4 Å². The first-order valence-corrected chi connectivity index (χ1v) is 6.85. The van der Waals surface area contributed by atoms with Gasteiger partial charge in [0.25, 0.3) is 0 Å². The van der Waals surface area contributed by atoms with Crippen molar-refractivity contribution in [1.82, 2.24) is 9.55 Å². The molecule has 0 atom stereocenters. The maximum Gasteiger partial charge on any atom is 0.0992 e. The topological polar surface area (TPSA) is 50.1 Å². The van der Waals surface area contributed by atoms with Crippen molar-refractivity contribution in [2.24, 2.45) is 0 Å². The van der Waals surface area contributed by atoms with E-state index in [4.69, 9.17) is 0 Å². The summed E-state index contributed by atoms with van der Waals surface area (Å²) in [6, 6.07) is 8.71. The number of hydrogen-bond acceptors (Lipinski definition) is 3. The first kappa shape index (κ1) is 12.2. The molecule has 1 aliphatic carbocycles. The van der Waals surface area contributed by atoms with E-state index in [1.165, 1.54) is 0 Å². The fourth-order valence-corrected chi connectivity index (χ4v) is 2.66. The third kappa shape index (κ3) is 2.79. The average molecular weight is 257 g/mol. The second-order valence-corrected chi connectivity index (χ2v) is 5.14. The summed E-state index contributed by atoms with van der Waals surface area (Å²) in [6.07, 6.45) is 9.28. The number of nitrogens with one attached hydrogen (secondary N) is 1. The second-order valence-electron chi connectivity index (χ2n) is 5.14. The van der Waals surface area contributed by atoms with Crippen LogP contribution in [0.2, 0.25) is 0 Å². The number of para-hydroxylation sites is 2. The van der Waals surface area contributed by atoms with Gasteiger partial charge in [-0.25, -0.2) is 4.98 Å². The van der Waals surface area contributed by atoms with Crippen LogP contribution >= 0.6 is 0 Å². The van der Waals surface area contributed by atoms with Crippen LogP contribution in [0.1, 0.15) is 25.7 Å². The van der Waals surface area contributed by atoms with E-state index in [0.717, 1.165) is 37.1 Å². The van der Waals surface area contributed by atoms with Gasteiger partial charge in [-0.05, 0) is 37.8 Å². The highest BCUT2D eigenvalue weighted by molar-refractivity contribution is 5.61.